The van der Waals surface area contributed by atoms with E-state index >= 15 is 0 Å². The van der Waals surface area contributed by atoms with Crippen LogP contribution in [0, 0.1) is 5.92 Å². The van der Waals surface area contributed by atoms with Crippen molar-refractivity contribution in [3.63, 3.8) is 0 Å². The van der Waals surface area contributed by atoms with Gasteiger partial charge in [0.2, 0.25) is 0 Å². The number of nitrogens with one attached hydrogen (secondary N) is 2. The van der Waals surface area contributed by atoms with Crippen molar-refractivity contribution >= 4 is 6.03 Å². The summed E-state index contributed by atoms with van der Waals surface area (Å²) in [6.07, 6.45) is 0.817. The van der Waals surface area contributed by atoms with Crippen molar-refractivity contribution in [2.75, 3.05) is 26.4 Å². The van der Waals surface area contributed by atoms with E-state index in [4.69, 9.17) is 9.47 Å². The van der Waals surface area contributed by atoms with Crippen molar-refractivity contribution in [1.82, 2.24) is 10.6 Å². The minimum absolute atomic E-state index is 0.0529. The molecule has 0 radical (unpaired) electrons. The van der Waals surface area contributed by atoms with Gasteiger partial charge in [-0.15, -0.1) is 0 Å². The van der Waals surface area contributed by atoms with Gasteiger partial charge in [0, 0.05) is 19.8 Å². The molecule has 0 spiro atoms. The standard InChI is InChI=1S/C18H30N2O3/c1-5-23-17-9-7-16(8-10-17)15(4)20-18(21)19-11-6-12-22-13-14(2)3/h7-10,14-15H,5-6,11-13H2,1-4H3,(H2,19,20,21)/t15-/m0/s1. The number of ether oxygens (including phenoxy) is 2. The molecule has 1 atom stereocenters. The molecule has 2 N–H and O–H groups in total. The normalized spacial score (nSPS) is 12.0. The van der Waals surface area contributed by atoms with E-state index in [0.29, 0.717) is 25.7 Å². The van der Waals surface area contributed by atoms with Crippen LogP contribution in [-0.2, 0) is 4.74 Å². The minimum atomic E-state index is -0.157. The van der Waals surface area contributed by atoms with Gasteiger partial charge in [-0.2, -0.15) is 0 Å². The van der Waals surface area contributed by atoms with E-state index in [9.17, 15) is 4.79 Å². The molecule has 1 rings (SSSR count). The number of hydrogen-bond acceptors (Lipinski definition) is 3. The Labute approximate surface area is 139 Å². The van der Waals surface area contributed by atoms with Gasteiger partial charge in [-0.25, -0.2) is 4.79 Å². The van der Waals surface area contributed by atoms with Crippen LogP contribution < -0.4 is 15.4 Å². The molecule has 23 heavy (non-hydrogen) atoms. The van der Waals surface area contributed by atoms with E-state index in [1.54, 1.807) is 0 Å². The number of rotatable bonds is 10. The molecule has 130 valence electrons. The number of carbonyl (C=O) groups is 1. The molecule has 0 aliphatic carbocycles. The predicted molar refractivity (Wildman–Crippen MR) is 92.8 cm³/mol. The summed E-state index contributed by atoms with van der Waals surface area (Å²) in [5.74, 6) is 1.38. The number of urea groups is 1. The smallest absolute Gasteiger partial charge is 0.315 e. The van der Waals surface area contributed by atoms with Crippen molar-refractivity contribution in [2.24, 2.45) is 5.92 Å². The Kier molecular flexibility index (Phi) is 9.14. The molecule has 0 saturated carbocycles. The zero-order chi connectivity index (χ0) is 17.1. The second kappa shape index (κ2) is 10.9. The Morgan fingerprint density at radius 2 is 1.87 bits per heavy atom. The second-order valence-electron chi connectivity index (χ2n) is 5.95. The highest BCUT2D eigenvalue weighted by atomic mass is 16.5. The van der Waals surface area contributed by atoms with Crippen LogP contribution in [0.3, 0.4) is 0 Å². The van der Waals surface area contributed by atoms with Crippen LogP contribution in [0.5, 0.6) is 5.75 Å². The van der Waals surface area contributed by atoms with Crippen LogP contribution in [0.1, 0.15) is 45.7 Å². The Bertz CT molecular complexity index is 446. The third-order valence-electron chi connectivity index (χ3n) is 3.24. The molecular formula is C18H30N2O3. The maximum absolute atomic E-state index is 11.8. The Morgan fingerprint density at radius 1 is 1.17 bits per heavy atom. The molecule has 0 aliphatic heterocycles. The van der Waals surface area contributed by atoms with Crippen molar-refractivity contribution in [1.29, 1.82) is 0 Å². The molecule has 2 amide bonds. The fraction of sp³-hybridized carbons (Fsp3) is 0.611. The first-order valence-electron chi connectivity index (χ1n) is 8.37. The van der Waals surface area contributed by atoms with Gasteiger partial charge in [-0.1, -0.05) is 26.0 Å². The molecule has 1 aromatic rings. The fourth-order valence-electron chi connectivity index (χ4n) is 2.05. The van der Waals surface area contributed by atoms with Crippen LogP contribution >= 0.6 is 0 Å². The number of hydrogen-bond donors (Lipinski definition) is 2. The summed E-state index contributed by atoms with van der Waals surface area (Å²) < 4.78 is 10.9. The van der Waals surface area contributed by atoms with Crippen LogP contribution in [0.4, 0.5) is 4.79 Å². The van der Waals surface area contributed by atoms with Crippen LogP contribution in [0.15, 0.2) is 24.3 Å². The van der Waals surface area contributed by atoms with Gasteiger partial charge in [-0.05, 0) is 43.9 Å². The summed E-state index contributed by atoms with van der Waals surface area (Å²) in [4.78, 5) is 11.8. The summed E-state index contributed by atoms with van der Waals surface area (Å²) in [5, 5.41) is 5.77. The second-order valence-corrected chi connectivity index (χ2v) is 5.95. The molecular weight excluding hydrogens is 292 g/mol. The highest BCUT2D eigenvalue weighted by molar-refractivity contribution is 5.74. The third kappa shape index (κ3) is 8.45. The number of benzene rings is 1. The first-order chi connectivity index (χ1) is 11.0. The number of carbonyl (C=O) groups excluding carboxylic acids is 1. The van der Waals surface area contributed by atoms with Gasteiger partial charge in [0.1, 0.15) is 5.75 Å². The van der Waals surface area contributed by atoms with Crippen LogP contribution in [-0.4, -0.2) is 32.4 Å². The Morgan fingerprint density at radius 3 is 2.48 bits per heavy atom. The molecule has 0 saturated heterocycles. The molecule has 0 fully saturated rings. The van der Waals surface area contributed by atoms with Gasteiger partial charge < -0.3 is 20.1 Å². The van der Waals surface area contributed by atoms with Crippen LogP contribution in [0.25, 0.3) is 0 Å². The SMILES string of the molecule is CCOc1ccc([C@H](C)NC(=O)NCCCOCC(C)C)cc1. The monoisotopic (exact) mass is 322 g/mol. The van der Waals surface area contributed by atoms with E-state index < -0.39 is 0 Å². The minimum Gasteiger partial charge on any atom is -0.494 e. The largest absolute Gasteiger partial charge is 0.494 e. The van der Waals surface area contributed by atoms with Crippen LogP contribution in [0.2, 0.25) is 0 Å². The highest BCUT2D eigenvalue weighted by Crippen LogP contribution is 2.17. The quantitative estimate of drug-likeness (QED) is 0.648. The first kappa shape index (κ1) is 19.3. The zero-order valence-electron chi connectivity index (χ0n) is 14.7. The van der Waals surface area contributed by atoms with Gasteiger partial charge in [0.15, 0.2) is 0 Å². The average molecular weight is 322 g/mol. The topological polar surface area (TPSA) is 59.6 Å². The zero-order valence-corrected chi connectivity index (χ0v) is 14.7. The van der Waals surface area contributed by atoms with Crippen molar-refractivity contribution in [3.05, 3.63) is 29.8 Å². The molecule has 0 unspecified atom stereocenters. The fourth-order valence-corrected chi connectivity index (χ4v) is 2.05. The molecule has 1 aromatic carbocycles. The van der Waals surface area contributed by atoms with E-state index in [-0.39, 0.29) is 12.1 Å². The summed E-state index contributed by atoms with van der Waals surface area (Å²) >= 11 is 0. The maximum atomic E-state index is 11.8. The lowest BCUT2D eigenvalue weighted by atomic mass is 10.1. The molecule has 5 nitrogen and oxygen atoms in total. The van der Waals surface area contributed by atoms with Gasteiger partial charge in [0.05, 0.1) is 12.6 Å². The van der Waals surface area contributed by atoms with Crippen molar-refractivity contribution < 1.29 is 14.3 Å². The van der Waals surface area contributed by atoms with Crippen molar-refractivity contribution in [3.8, 4) is 5.75 Å². The highest BCUT2D eigenvalue weighted by Gasteiger charge is 2.09. The average Bonchev–Trinajstić information content (AvgIpc) is 2.51. The molecule has 0 heterocycles. The molecule has 0 aliphatic rings. The van der Waals surface area contributed by atoms with Crippen molar-refractivity contribution in [2.45, 2.75) is 40.2 Å². The molecule has 0 bridgehead atoms. The summed E-state index contributed by atoms with van der Waals surface area (Å²) in [7, 11) is 0. The summed E-state index contributed by atoms with van der Waals surface area (Å²) in [5.41, 5.74) is 1.05. The lowest BCUT2D eigenvalue weighted by Gasteiger charge is -2.15. The van der Waals surface area contributed by atoms with Gasteiger partial charge in [-0.3, -0.25) is 0 Å². The lowest BCUT2D eigenvalue weighted by molar-refractivity contribution is 0.108. The summed E-state index contributed by atoms with van der Waals surface area (Å²) in [6, 6.07) is 7.56. The van der Waals surface area contributed by atoms with E-state index in [1.807, 2.05) is 38.1 Å². The third-order valence-corrected chi connectivity index (χ3v) is 3.24. The number of amides is 2. The van der Waals surface area contributed by atoms with Gasteiger partial charge >= 0.3 is 6.03 Å². The van der Waals surface area contributed by atoms with E-state index in [2.05, 4.69) is 24.5 Å². The molecule has 0 aromatic heterocycles. The Hall–Kier alpha value is -1.75. The first-order valence-corrected chi connectivity index (χ1v) is 8.37. The lowest BCUT2D eigenvalue weighted by Crippen LogP contribution is -2.37. The summed E-state index contributed by atoms with van der Waals surface area (Å²) in [6.45, 7) is 10.9. The maximum Gasteiger partial charge on any atom is 0.315 e. The van der Waals surface area contributed by atoms with E-state index in [1.165, 1.54) is 0 Å². The van der Waals surface area contributed by atoms with Gasteiger partial charge in [0.25, 0.3) is 0 Å². The Balaban J connectivity index is 2.22. The predicted octanol–water partition coefficient (Wildman–Crippen LogP) is 3.51. The molecule has 5 heteroatoms. The van der Waals surface area contributed by atoms with E-state index in [0.717, 1.165) is 24.3 Å².